The molecule has 1 aliphatic heterocycles. The number of aryl methyl sites for hydroxylation is 1. The third kappa shape index (κ3) is 6.69. The topological polar surface area (TPSA) is 131 Å². The quantitative estimate of drug-likeness (QED) is 0.195. The van der Waals surface area contributed by atoms with Gasteiger partial charge in [-0.1, -0.05) is 35.9 Å². The van der Waals surface area contributed by atoms with Crippen molar-refractivity contribution in [2.45, 2.75) is 32.5 Å². The number of benzene rings is 3. The number of nitrogens with one attached hydrogen (secondary N) is 2. The third-order valence-electron chi connectivity index (χ3n) is 7.22. The highest BCUT2D eigenvalue weighted by molar-refractivity contribution is 6.83. The first kappa shape index (κ1) is 30.1. The van der Waals surface area contributed by atoms with Gasteiger partial charge in [0.1, 0.15) is 17.6 Å². The van der Waals surface area contributed by atoms with Crippen LogP contribution in [0.3, 0.4) is 0 Å². The lowest BCUT2D eigenvalue weighted by atomic mass is 10.00. The normalized spacial score (nSPS) is 14.2. The van der Waals surface area contributed by atoms with Gasteiger partial charge in [-0.3, -0.25) is 19.1 Å². The Morgan fingerprint density at radius 3 is 2.37 bits per heavy atom. The monoisotopic (exact) mass is 616 g/mol. The predicted octanol–water partition coefficient (Wildman–Crippen LogP) is 3.47. The van der Waals surface area contributed by atoms with E-state index >= 15 is 0 Å². The molecule has 12 heteroatoms. The maximum Gasteiger partial charge on any atom is 0.251 e. The summed E-state index contributed by atoms with van der Waals surface area (Å²) in [6.07, 6.45) is 0.0244. The molecule has 1 atom stereocenters. The van der Waals surface area contributed by atoms with Crippen LogP contribution in [0.1, 0.15) is 45.6 Å². The lowest BCUT2D eigenvalue weighted by molar-refractivity contribution is -0.121. The zero-order valence-corrected chi connectivity index (χ0v) is 26.1. The van der Waals surface area contributed by atoms with Gasteiger partial charge in [0.2, 0.25) is 14.2 Å². The summed E-state index contributed by atoms with van der Waals surface area (Å²) in [5.74, 6) is 1.39. The smallest absolute Gasteiger partial charge is 0.251 e. The zero-order chi connectivity index (χ0) is 30.7. The molecule has 1 unspecified atom stereocenters. The standard InChI is InChI=1S/C31H33ClN6O4Si/c1-19-36-37-30-26(18-28(39)33-15-16-34-31(40)21-7-12-24(13-8-21)43(3,4)41)35-29(20-5-9-22(32)10-6-20)25-17-23(42-2)11-14-27(25)38(19)30/h5-14,17,26,41H,15-16,18H2,1-4H3,(H,33,39)(H,34,40). The summed E-state index contributed by atoms with van der Waals surface area (Å²) < 4.78 is 7.44. The molecule has 1 aromatic heterocycles. The third-order valence-corrected chi connectivity index (χ3v) is 9.21. The predicted molar refractivity (Wildman–Crippen MR) is 168 cm³/mol. The molecule has 222 valence electrons. The number of carbonyl (C=O) groups excluding carboxylic acids is 2. The molecule has 0 aliphatic carbocycles. The lowest BCUT2D eigenvalue weighted by Crippen LogP contribution is -2.41. The number of amides is 2. The van der Waals surface area contributed by atoms with Crippen molar-refractivity contribution in [2.75, 3.05) is 20.2 Å². The number of nitrogens with zero attached hydrogens (tertiary/aromatic N) is 4. The lowest BCUT2D eigenvalue weighted by Gasteiger charge is -2.15. The fraction of sp³-hybridized carbons (Fsp3) is 0.258. The molecule has 0 saturated heterocycles. The van der Waals surface area contributed by atoms with Crippen molar-refractivity contribution in [1.29, 1.82) is 0 Å². The molecule has 4 aromatic rings. The summed E-state index contributed by atoms with van der Waals surface area (Å²) in [6.45, 7) is 5.99. The second kappa shape index (κ2) is 12.5. The number of fused-ring (bicyclic) bond motifs is 3. The van der Waals surface area contributed by atoms with Crippen LogP contribution >= 0.6 is 11.6 Å². The Morgan fingerprint density at radius 1 is 1.00 bits per heavy atom. The molecule has 0 radical (unpaired) electrons. The number of ether oxygens (including phenoxy) is 1. The van der Waals surface area contributed by atoms with Crippen molar-refractivity contribution in [3.8, 4) is 11.4 Å². The van der Waals surface area contributed by atoms with Gasteiger partial charge in [0, 0.05) is 34.8 Å². The van der Waals surface area contributed by atoms with E-state index in [9.17, 15) is 14.4 Å². The number of aromatic nitrogens is 3. The van der Waals surface area contributed by atoms with Crippen molar-refractivity contribution in [3.05, 3.63) is 100 Å². The highest BCUT2D eigenvalue weighted by Crippen LogP contribution is 2.34. The Bertz CT molecular complexity index is 1680. The van der Waals surface area contributed by atoms with Crippen LogP contribution in [0.4, 0.5) is 0 Å². The summed E-state index contributed by atoms with van der Waals surface area (Å²) >= 11 is 6.17. The van der Waals surface area contributed by atoms with Crippen LogP contribution in [-0.2, 0) is 4.79 Å². The van der Waals surface area contributed by atoms with E-state index in [-0.39, 0.29) is 31.3 Å². The van der Waals surface area contributed by atoms with Crippen LogP contribution in [0.25, 0.3) is 5.69 Å². The molecular formula is C31H33ClN6O4Si. The molecular weight excluding hydrogens is 584 g/mol. The van der Waals surface area contributed by atoms with Crippen LogP contribution in [0.2, 0.25) is 18.1 Å². The molecule has 3 aromatic carbocycles. The minimum atomic E-state index is -2.44. The number of hydrogen-bond acceptors (Lipinski definition) is 7. The number of halogens is 1. The minimum absolute atomic E-state index is 0.0244. The van der Waals surface area contributed by atoms with E-state index in [2.05, 4.69) is 20.8 Å². The molecule has 0 spiro atoms. The van der Waals surface area contributed by atoms with Gasteiger partial charge in [-0.25, -0.2) is 0 Å². The van der Waals surface area contributed by atoms with E-state index < -0.39 is 14.4 Å². The van der Waals surface area contributed by atoms with Crippen LogP contribution < -0.4 is 20.6 Å². The van der Waals surface area contributed by atoms with Crippen LogP contribution in [-0.4, -0.2) is 65.6 Å². The number of hydrogen-bond donors (Lipinski definition) is 3. The van der Waals surface area contributed by atoms with E-state index in [1.165, 1.54) is 0 Å². The van der Waals surface area contributed by atoms with Gasteiger partial charge in [0.15, 0.2) is 5.82 Å². The van der Waals surface area contributed by atoms with Crippen LogP contribution in [0, 0.1) is 6.92 Å². The first-order chi connectivity index (χ1) is 20.5. The maximum absolute atomic E-state index is 13.1. The van der Waals surface area contributed by atoms with Gasteiger partial charge in [0.25, 0.3) is 5.91 Å². The highest BCUT2D eigenvalue weighted by atomic mass is 35.5. The van der Waals surface area contributed by atoms with E-state index in [4.69, 9.17) is 21.3 Å². The van der Waals surface area contributed by atoms with Crippen molar-refractivity contribution < 1.29 is 19.1 Å². The fourth-order valence-corrected chi connectivity index (χ4v) is 6.04. The summed E-state index contributed by atoms with van der Waals surface area (Å²) in [4.78, 5) is 41.0. The van der Waals surface area contributed by atoms with Gasteiger partial charge < -0.3 is 20.2 Å². The Morgan fingerprint density at radius 2 is 1.70 bits per heavy atom. The number of carbonyl (C=O) groups is 2. The summed E-state index contributed by atoms with van der Waals surface area (Å²) in [5.41, 5.74) is 3.65. The molecule has 2 amide bonds. The zero-order valence-electron chi connectivity index (χ0n) is 24.4. The number of aliphatic imine (C=N–C) groups is 1. The van der Waals surface area contributed by atoms with Gasteiger partial charge in [-0.2, -0.15) is 0 Å². The van der Waals surface area contributed by atoms with E-state index in [1.807, 2.05) is 54.9 Å². The van der Waals surface area contributed by atoms with Crippen molar-refractivity contribution >= 4 is 42.6 Å². The maximum atomic E-state index is 13.1. The fourth-order valence-electron chi connectivity index (χ4n) is 4.93. The SMILES string of the molecule is COc1ccc2c(c1)C(c1ccc(Cl)cc1)=NC(CC(=O)NCCNC(=O)c1ccc([Si](C)(C)O)cc1)c1nnc(C)n1-2. The molecule has 5 rings (SSSR count). The highest BCUT2D eigenvalue weighted by Gasteiger charge is 2.30. The average Bonchev–Trinajstić information content (AvgIpc) is 3.31. The molecule has 0 saturated carbocycles. The summed E-state index contributed by atoms with van der Waals surface area (Å²) in [6, 6.07) is 19.4. The molecule has 3 N–H and O–H groups in total. The van der Waals surface area contributed by atoms with Crippen molar-refractivity contribution in [2.24, 2.45) is 4.99 Å². The Hall–Kier alpha value is -4.32. The number of methoxy groups -OCH3 is 1. The van der Waals surface area contributed by atoms with Gasteiger partial charge in [0.05, 0.1) is 24.9 Å². The van der Waals surface area contributed by atoms with Gasteiger partial charge >= 0.3 is 0 Å². The molecule has 2 heterocycles. The molecule has 43 heavy (non-hydrogen) atoms. The van der Waals surface area contributed by atoms with Crippen molar-refractivity contribution in [3.63, 3.8) is 0 Å². The largest absolute Gasteiger partial charge is 0.497 e. The number of rotatable bonds is 9. The van der Waals surface area contributed by atoms with E-state index in [1.54, 1.807) is 43.5 Å². The Labute approximate surface area is 255 Å². The minimum Gasteiger partial charge on any atom is -0.497 e. The van der Waals surface area contributed by atoms with Crippen LogP contribution in [0.15, 0.2) is 71.7 Å². The second-order valence-corrected chi connectivity index (χ2v) is 14.9. The second-order valence-electron chi connectivity index (χ2n) is 10.8. The van der Waals surface area contributed by atoms with E-state index in [0.717, 1.165) is 22.0 Å². The molecule has 0 fully saturated rings. The van der Waals surface area contributed by atoms with E-state index in [0.29, 0.717) is 33.7 Å². The summed E-state index contributed by atoms with van der Waals surface area (Å²) in [5, 5.41) is 15.9. The van der Waals surface area contributed by atoms with Gasteiger partial charge in [-0.05, 0) is 67.7 Å². The van der Waals surface area contributed by atoms with Crippen molar-refractivity contribution in [1.82, 2.24) is 25.4 Å². The Balaban J connectivity index is 1.32. The molecule has 0 bridgehead atoms. The summed E-state index contributed by atoms with van der Waals surface area (Å²) in [7, 11) is -0.827. The molecule has 10 nitrogen and oxygen atoms in total. The van der Waals surface area contributed by atoms with Gasteiger partial charge in [-0.15, -0.1) is 10.2 Å². The average molecular weight is 617 g/mol. The molecule has 1 aliphatic rings. The first-order valence-electron chi connectivity index (χ1n) is 13.9. The Kier molecular flexibility index (Phi) is 8.76. The van der Waals surface area contributed by atoms with Crippen LogP contribution in [0.5, 0.6) is 5.75 Å². The first-order valence-corrected chi connectivity index (χ1v) is 17.2.